The van der Waals surface area contributed by atoms with Crippen molar-refractivity contribution in [3.63, 3.8) is 0 Å². The van der Waals surface area contributed by atoms with E-state index >= 15 is 0 Å². The zero-order valence-corrected chi connectivity index (χ0v) is 9.96. The van der Waals surface area contributed by atoms with Gasteiger partial charge in [0.1, 0.15) is 16.9 Å². The number of hydrogen-bond acceptors (Lipinski definition) is 3. The van der Waals surface area contributed by atoms with E-state index in [1.54, 1.807) is 0 Å². The molecule has 0 N–H and O–H groups in total. The molecule has 17 heavy (non-hydrogen) atoms. The van der Waals surface area contributed by atoms with Crippen molar-refractivity contribution in [2.45, 2.75) is 20.8 Å². The lowest BCUT2D eigenvalue weighted by Crippen LogP contribution is -1.98. The molecule has 0 aliphatic rings. The topological polar surface area (TPSA) is 43.4 Å². The van der Waals surface area contributed by atoms with Gasteiger partial charge in [-0.05, 0) is 44.0 Å². The molecule has 0 aliphatic heterocycles. The van der Waals surface area contributed by atoms with Gasteiger partial charge < -0.3 is 8.83 Å². The van der Waals surface area contributed by atoms with Crippen molar-refractivity contribution in [2.75, 3.05) is 0 Å². The molecule has 0 saturated carbocycles. The molecule has 0 amide bonds. The van der Waals surface area contributed by atoms with Gasteiger partial charge in [0.2, 0.25) is 0 Å². The fourth-order valence-electron chi connectivity index (χ4n) is 2.33. The van der Waals surface area contributed by atoms with E-state index in [4.69, 9.17) is 8.83 Å². The Labute approximate surface area is 97.7 Å². The molecule has 3 aromatic rings. The Balaban J connectivity index is 2.67. The first-order valence-electron chi connectivity index (χ1n) is 5.50. The Morgan fingerprint density at radius 3 is 2.47 bits per heavy atom. The molecule has 0 spiro atoms. The lowest BCUT2D eigenvalue weighted by Gasteiger charge is -2.03. The summed E-state index contributed by atoms with van der Waals surface area (Å²) in [5, 5.41) is 1.97. The van der Waals surface area contributed by atoms with Gasteiger partial charge in [0.25, 0.3) is 0 Å². The standard InChI is InChI=1S/C14H12O3/c1-7-5-12(15)17-11-4-8(2)14-10(13(7)11)6-9(3)16-14/h4-6H,1-3H3. The minimum Gasteiger partial charge on any atom is -0.461 e. The van der Waals surface area contributed by atoms with Crippen LogP contribution in [0.5, 0.6) is 0 Å². The Morgan fingerprint density at radius 1 is 0.941 bits per heavy atom. The summed E-state index contributed by atoms with van der Waals surface area (Å²) in [7, 11) is 0. The molecule has 0 saturated heterocycles. The van der Waals surface area contributed by atoms with Crippen molar-refractivity contribution in [1.29, 1.82) is 0 Å². The maximum absolute atomic E-state index is 11.4. The second kappa shape index (κ2) is 3.23. The lowest BCUT2D eigenvalue weighted by atomic mass is 10.0. The quantitative estimate of drug-likeness (QED) is 0.553. The summed E-state index contributed by atoms with van der Waals surface area (Å²) in [4.78, 5) is 11.4. The number of furan rings is 1. The number of benzene rings is 1. The summed E-state index contributed by atoms with van der Waals surface area (Å²) >= 11 is 0. The van der Waals surface area contributed by atoms with Crippen molar-refractivity contribution in [3.8, 4) is 0 Å². The van der Waals surface area contributed by atoms with Crippen LogP contribution in [0.3, 0.4) is 0 Å². The van der Waals surface area contributed by atoms with E-state index in [0.29, 0.717) is 5.58 Å². The number of hydrogen-bond donors (Lipinski definition) is 0. The average molecular weight is 228 g/mol. The van der Waals surface area contributed by atoms with Crippen LogP contribution >= 0.6 is 0 Å². The Morgan fingerprint density at radius 2 is 1.71 bits per heavy atom. The fraction of sp³-hybridized carbons (Fsp3) is 0.214. The van der Waals surface area contributed by atoms with E-state index in [1.165, 1.54) is 6.07 Å². The molecule has 2 aromatic heterocycles. The first kappa shape index (κ1) is 10.1. The third kappa shape index (κ3) is 1.39. The third-order valence-electron chi connectivity index (χ3n) is 3.02. The Hall–Kier alpha value is -2.03. The molecule has 0 radical (unpaired) electrons. The summed E-state index contributed by atoms with van der Waals surface area (Å²) in [5.41, 5.74) is 3.08. The highest BCUT2D eigenvalue weighted by Gasteiger charge is 2.12. The molecule has 0 unspecified atom stereocenters. The van der Waals surface area contributed by atoms with Gasteiger partial charge in [-0.15, -0.1) is 0 Å². The number of fused-ring (bicyclic) bond motifs is 3. The minimum atomic E-state index is -0.311. The number of rotatable bonds is 0. The normalized spacial score (nSPS) is 11.5. The second-order valence-corrected chi connectivity index (χ2v) is 4.41. The second-order valence-electron chi connectivity index (χ2n) is 4.41. The highest BCUT2D eigenvalue weighted by Crippen LogP contribution is 2.31. The van der Waals surface area contributed by atoms with E-state index < -0.39 is 0 Å². The highest BCUT2D eigenvalue weighted by molar-refractivity contribution is 6.06. The van der Waals surface area contributed by atoms with Gasteiger partial charge in [-0.3, -0.25) is 0 Å². The van der Waals surface area contributed by atoms with Crippen LogP contribution in [-0.4, -0.2) is 0 Å². The molecule has 2 heterocycles. The maximum Gasteiger partial charge on any atom is 0.336 e. The van der Waals surface area contributed by atoms with E-state index in [2.05, 4.69) is 0 Å². The monoisotopic (exact) mass is 228 g/mol. The van der Waals surface area contributed by atoms with Gasteiger partial charge in [0, 0.05) is 16.8 Å². The molecule has 0 atom stereocenters. The third-order valence-corrected chi connectivity index (χ3v) is 3.02. The molecule has 86 valence electrons. The Bertz CT molecular complexity index is 790. The molecule has 0 bridgehead atoms. The van der Waals surface area contributed by atoms with Crippen LogP contribution in [0.2, 0.25) is 0 Å². The lowest BCUT2D eigenvalue weighted by molar-refractivity contribution is 0.558. The van der Waals surface area contributed by atoms with Crippen LogP contribution in [0.15, 0.2) is 31.8 Å². The van der Waals surface area contributed by atoms with Crippen molar-refractivity contribution in [2.24, 2.45) is 0 Å². The van der Waals surface area contributed by atoms with E-state index in [9.17, 15) is 4.79 Å². The predicted molar refractivity (Wildman–Crippen MR) is 66.5 cm³/mol. The summed E-state index contributed by atoms with van der Waals surface area (Å²) in [6.45, 7) is 5.78. The van der Waals surface area contributed by atoms with Crippen molar-refractivity contribution in [1.82, 2.24) is 0 Å². The van der Waals surface area contributed by atoms with Gasteiger partial charge in [0.15, 0.2) is 0 Å². The van der Waals surface area contributed by atoms with E-state index in [-0.39, 0.29) is 5.63 Å². The van der Waals surface area contributed by atoms with Crippen LogP contribution in [-0.2, 0) is 0 Å². The molecular formula is C14H12O3. The largest absolute Gasteiger partial charge is 0.461 e. The van der Waals surface area contributed by atoms with Crippen LogP contribution in [0.1, 0.15) is 16.9 Å². The predicted octanol–water partition coefficient (Wildman–Crippen LogP) is 3.46. The fourth-order valence-corrected chi connectivity index (χ4v) is 2.33. The first-order chi connectivity index (χ1) is 8.06. The summed E-state index contributed by atoms with van der Waals surface area (Å²) in [6.07, 6.45) is 0. The summed E-state index contributed by atoms with van der Waals surface area (Å²) in [6, 6.07) is 5.35. The molecule has 0 fully saturated rings. The Kier molecular flexibility index (Phi) is 1.93. The van der Waals surface area contributed by atoms with E-state index in [1.807, 2.05) is 32.9 Å². The van der Waals surface area contributed by atoms with Crippen LogP contribution in [0.25, 0.3) is 21.9 Å². The van der Waals surface area contributed by atoms with Crippen LogP contribution in [0.4, 0.5) is 0 Å². The van der Waals surface area contributed by atoms with Crippen LogP contribution < -0.4 is 5.63 Å². The molecule has 3 rings (SSSR count). The first-order valence-corrected chi connectivity index (χ1v) is 5.50. The van der Waals surface area contributed by atoms with Gasteiger partial charge in [-0.1, -0.05) is 0 Å². The summed E-state index contributed by atoms with van der Waals surface area (Å²) < 4.78 is 10.9. The SMILES string of the molecule is Cc1cc2c(o1)c(C)cc1oc(=O)cc(C)c12. The highest BCUT2D eigenvalue weighted by atomic mass is 16.4. The van der Waals surface area contributed by atoms with Crippen molar-refractivity contribution < 1.29 is 8.83 Å². The van der Waals surface area contributed by atoms with Crippen molar-refractivity contribution in [3.05, 3.63) is 45.5 Å². The minimum absolute atomic E-state index is 0.311. The molecule has 0 aliphatic carbocycles. The summed E-state index contributed by atoms with van der Waals surface area (Å²) in [5.74, 6) is 0.862. The van der Waals surface area contributed by atoms with Gasteiger partial charge in [-0.2, -0.15) is 0 Å². The van der Waals surface area contributed by atoms with Gasteiger partial charge in [-0.25, -0.2) is 4.79 Å². The molecule has 1 aromatic carbocycles. The molecule has 3 nitrogen and oxygen atoms in total. The van der Waals surface area contributed by atoms with Gasteiger partial charge >= 0.3 is 5.63 Å². The van der Waals surface area contributed by atoms with Crippen molar-refractivity contribution >= 4 is 21.9 Å². The van der Waals surface area contributed by atoms with Gasteiger partial charge in [0.05, 0.1) is 0 Å². The van der Waals surface area contributed by atoms with Crippen LogP contribution in [0, 0.1) is 20.8 Å². The zero-order chi connectivity index (χ0) is 12.2. The van der Waals surface area contributed by atoms with E-state index in [0.717, 1.165) is 33.2 Å². The smallest absolute Gasteiger partial charge is 0.336 e. The maximum atomic E-state index is 11.4. The molecule has 3 heteroatoms. The number of aryl methyl sites for hydroxylation is 3. The molecular weight excluding hydrogens is 216 g/mol. The zero-order valence-electron chi connectivity index (χ0n) is 9.96. The average Bonchev–Trinajstić information content (AvgIpc) is 2.58.